The van der Waals surface area contributed by atoms with Crippen LogP contribution in [0.3, 0.4) is 0 Å². The van der Waals surface area contributed by atoms with Crippen molar-refractivity contribution in [2.24, 2.45) is 4.99 Å². The summed E-state index contributed by atoms with van der Waals surface area (Å²) < 4.78 is 10.4. The Bertz CT molecular complexity index is 1690. The van der Waals surface area contributed by atoms with Gasteiger partial charge in [-0.3, -0.25) is 9.36 Å². The highest BCUT2D eigenvalue weighted by Gasteiger charge is 2.33. The molecule has 2 aromatic heterocycles. The van der Waals surface area contributed by atoms with E-state index in [-0.39, 0.29) is 11.6 Å². The van der Waals surface area contributed by atoms with E-state index in [1.807, 2.05) is 10.6 Å². The first kappa shape index (κ1) is 24.3. The van der Waals surface area contributed by atoms with E-state index >= 15 is 0 Å². The quantitative estimate of drug-likeness (QED) is 0.183. The van der Waals surface area contributed by atoms with Gasteiger partial charge in [0.1, 0.15) is 12.4 Å². The number of benzene rings is 2. The van der Waals surface area contributed by atoms with Crippen LogP contribution in [0.5, 0.6) is 5.75 Å². The molecule has 1 aliphatic heterocycles. The summed E-state index contributed by atoms with van der Waals surface area (Å²) in [5.74, 6) is 0.846. The summed E-state index contributed by atoms with van der Waals surface area (Å²) in [6, 6.07) is 16.7. The molecule has 0 saturated heterocycles. The van der Waals surface area contributed by atoms with Crippen molar-refractivity contribution in [3.8, 4) is 5.75 Å². The Morgan fingerprint density at radius 3 is 2.69 bits per heavy atom. The van der Waals surface area contributed by atoms with E-state index in [1.54, 1.807) is 17.4 Å². The number of halogens is 2. The molecule has 1 atom stereocenters. The Hall–Kier alpha value is -2.02. The van der Waals surface area contributed by atoms with E-state index in [0.717, 1.165) is 41.8 Å². The van der Waals surface area contributed by atoms with Gasteiger partial charge in [0.15, 0.2) is 4.80 Å². The smallest absolute Gasteiger partial charge is 0.271 e. The van der Waals surface area contributed by atoms with E-state index in [9.17, 15) is 4.79 Å². The summed E-state index contributed by atoms with van der Waals surface area (Å²) >= 11 is 7.74. The molecular weight excluding hydrogens is 714 g/mol. The molecule has 0 bridgehead atoms. The molecule has 6 rings (SSSR count). The van der Waals surface area contributed by atoms with Gasteiger partial charge in [0.2, 0.25) is 0 Å². The molecule has 3 heterocycles. The summed E-state index contributed by atoms with van der Waals surface area (Å²) in [5, 5.41) is 2.09. The zero-order valence-corrected chi connectivity index (χ0v) is 25.0. The number of fused-ring (bicyclic) bond motifs is 3. The van der Waals surface area contributed by atoms with Gasteiger partial charge < -0.3 is 4.74 Å². The molecule has 8 heteroatoms. The molecule has 1 unspecified atom stereocenters. The van der Waals surface area contributed by atoms with Crippen LogP contribution in [0, 0.1) is 7.14 Å². The van der Waals surface area contributed by atoms with Gasteiger partial charge in [-0.1, -0.05) is 54.3 Å². The number of rotatable bonds is 5. The third-order valence-electron chi connectivity index (χ3n) is 6.35. The maximum absolute atomic E-state index is 13.8. The Labute approximate surface area is 243 Å². The highest BCUT2D eigenvalue weighted by molar-refractivity contribution is 14.1. The van der Waals surface area contributed by atoms with Gasteiger partial charge in [0.05, 0.1) is 23.4 Å². The van der Waals surface area contributed by atoms with Gasteiger partial charge in [0.25, 0.3) is 5.56 Å². The van der Waals surface area contributed by atoms with Crippen LogP contribution in [0.15, 0.2) is 81.9 Å². The average Bonchev–Trinajstić information content (AvgIpc) is 3.51. The predicted octanol–water partition coefficient (Wildman–Crippen LogP) is 6.15. The molecule has 0 N–H and O–H groups in total. The van der Waals surface area contributed by atoms with Crippen LogP contribution in [0.2, 0.25) is 0 Å². The zero-order valence-electron chi connectivity index (χ0n) is 19.0. The fraction of sp³-hybridized carbons (Fsp3) is 0.143. The Balaban J connectivity index is 1.53. The standard InChI is InChI=1S/C28H20I2N2O2S2/c1-2-11-34-26-20(29)13-16(14-21(26)30)15-23-27(33)32-25(22-8-5-12-35-22)19-10-9-17-6-3-4-7-18(17)24(19)31-28(32)36-23/h2-8,12-15,25H,1,9-11H2/b23-15+. The number of aromatic nitrogens is 1. The van der Waals surface area contributed by atoms with Crippen LogP contribution in [-0.2, 0) is 6.42 Å². The van der Waals surface area contributed by atoms with Crippen molar-refractivity contribution in [3.63, 3.8) is 0 Å². The number of thiazole rings is 1. The molecule has 2 aromatic carbocycles. The maximum atomic E-state index is 13.8. The third-order valence-corrected chi connectivity index (χ3v) is 9.86. The fourth-order valence-electron chi connectivity index (χ4n) is 4.81. The molecule has 4 aromatic rings. The molecule has 0 saturated carbocycles. The summed E-state index contributed by atoms with van der Waals surface area (Å²) in [7, 11) is 0. The number of nitrogens with zero attached hydrogens (tertiary/aromatic N) is 2. The topological polar surface area (TPSA) is 43.6 Å². The second-order valence-electron chi connectivity index (χ2n) is 8.54. The monoisotopic (exact) mass is 734 g/mol. The van der Waals surface area contributed by atoms with Gasteiger partial charge in [0, 0.05) is 10.4 Å². The summed E-state index contributed by atoms with van der Waals surface area (Å²) in [5.41, 5.74) is 5.78. The van der Waals surface area contributed by atoms with Gasteiger partial charge in [-0.25, -0.2) is 4.99 Å². The molecular formula is C28H20I2N2O2S2. The van der Waals surface area contributed by atoms with Crippen molar-refractivity contribution >= 4 is 79.6 Å². The zero-order chi connectivity index (χ0) is 24.8. The number of ether oxygens (including phenoxy) is 1. The largest absolute Gasteiger partial charge is 0.487 e. The van der Waals surface area contributed by atoms with Crippen molar-refractivity contribution in [2.45, 2.75) is 18.9 Å². The fourth-order valence-corrected chi connectivity index (χ4v) is 8.79. The van der Waals surface area contributed by atoms with Crippen molar-refractivity contribution < 1.29 is 4.74 Å². The van der Waals surface area contributed by atoms with Crippen LogP contribution in [-0.4, -0.2) is 11.2 Å². The molecule has 36 heavy (non-hydrogen) atoms. The van der Waals surface area contributed by atoms with E-state index in [4.69, 9.17) is 9.73 Å². The average molecular weight is 734 g/mol. The van der Waals surface area contributed by atoms with Crippen LogP contribution < -0.4 is 19.6 Å². The number of hydrogen-bond acceptors (Lipinski definition) is 5. The second-order valence-corrected chi connectivity index (χ2v) is 12.9. The first-order chi connectivity index (χ1) is 17.5. The van der Waals surface area contributed by atoms with Gasteiger partial charge in [-0.05, 0) is 104 Å². The molecule has 1 aliphatic carbocycles. The lowest BCUT2D eigenvalue weighted by Gasteiger charge is -2.30. The Morgan fingerprint density at radius 1 is 1.14 bits per heavy atom. The molecule has 180 valence electrons. The van der Waals surface area contributed by atoms with Gasteiger partial charge in [-0.2, -0.15) is 0 Å². The van der Waals surface area contributed by atoms with E-state index < -0.39 is 0 Å². The lowest BCUT2D eigenvalue weighted by Crippen LogP contribution is -2.38. The van der Waals surface area contributed by atoms with Crippen molar-refractivity contribution in [1.29, 1.82) is 0 Å². The molecule has 4 nitrogen and oxygen atoms in total. The van der Waals surface area contributed by atoms with Gasteiger partial charge >= 0.3 is 0 Å². The van der Waals surface area contributed by atoms with Gasteiger partial charge in [-0.15, -0.1) is 11.3 Å². The minimum atomic E-state index is -0.110. The van der Waals surface area contributed by atoms with E-state index in [1.165, 1.54) is 32.9 Å². The molecule has 2 aliphatic rings. The van der Waals surface area contributed by atoms with Crippen LogP contribution >= 0.6 is 67.9 Å². The number of hydrogen-bond donors (Lipinski definition) is 0. The normalized spacial score (nSPS) is 16.7. The molecule has 0 amide bonds. The minimum Gasteiger partial charge on any atom is -0.487 e. The molecule has 0 radical (unpaired) electrons. The lowest BCUT2D eigenvalue weighted by molar-refractivity contribution is 0.358. The Morgan fingerprint density at radius 2 is 1.94 bits per heavy atom. The van der Waals surface area contributed by atoms with E-state index in [2.05, 4.69) is 106 Å². The minimum absolute atomic E-state index is 0.0135. The van der Waals surface area contributed by atoms with Crippen LogP contribution in [0.4, 0.5) is 0 Å². The molecule has 0 spiro atoms. The highest BCUT2D eigenvalue weighted by Crippen LogP contribution is 2.42. The second kappa shape index (κ2) is 10.0. The summed E-state index contributed by atoms with van der Waals surface area (Å²) in [6.45, 7) is 4.19. The first-order valence-corrected chi connectivity index (χ1v) is 15.3. The summed E-state index contributed by atoms with van der Waals surface area (Å²) in [6.07, 6.45) is 5.59. The van der Waals surface area contributed by atoms with Crippen LogP contribution in [0.25, 0.3) is 11.8 Å². The highest BCUT2D eigenvalue weighted by atomic mass is 127. The summed E-state index contributed by atoms with van der Waals surface area (Å²) in [4.78, 5) is 20.9. The number of allylic oxidation sites excluding steroid dienone is 1. The maximum Gasteiger partial charge on any atom is 0.271 e. The van der Waals surface area contributed by atoms with E-state index in [0.29, 0.717) is 11.1 Å². The van der Waals surface area contributed by atoms with Crippen molar-refractivity contribution in [2.75, 3.05) is 6.61 Å². The first-order valence-electron chi connectivity index (χ1n) is 11.4. The number of thiophene rings is 1. The number of aryl methyl sites for hydroxylation is 1. The third kappa shape index (κ3) is 4.25. The Kier molecular flexibility index (Phi) is 6.78. The SMILES string of the molecule is C=CCOc1c(I)cc(/C=c2/sc3n(c2=O)C(c2cccs2)C2=C(N=3)c3ccccc3CC2)cc1I. The van der Waals surface area contributed by atoms with Crippen molar-refractivity contribution in [1.82, 2.24) is 4.57 Å². The predicted molar refractivity (Wildman–Crippen MR) is 165 cm³/mol. The van der Waals surface area contributed by atoms with Crippen molar-refractivity contribution in [3.05, 3.63) is 121 Å². The van der Waals surface area contributed by atoms with Crippen LogP contribution in [0.1, 0.15) is 34.0 Å². The lowest BCUT2D eigenvalue weighted by atomic mass is 9.85. The molecule has 0 fully saturated rings.